The van der Waals surface area contributed by atoms with Gasteiger partial charge in [0.05, 0.1) is 5.56 Å². The Morgan fingerprint density at radius 2 is 2.00 bits per heavy atom. The fraction of sp³-hybridized carbons (Fsp3) is 0.417. The predicted octanol–water partition coefficient (Wildman–Crippen LogP) is 2.78. The summed E-state index contributed by atoms with van der Waals surface area (Å²) < 4.78 is 26.0. The molecule has 0 radical (unpaired) electrons. The van der Waals surface area contributed by atoms with Crippen molar-refractivity contribution in [3.05, 3.63) is 28.2 Å². The van der Waals surface area contributed by atoms with Gasteiger partial charge in [-0.05, 0) is 34.5 Å². The van der Waals surface area contributed by atoms with Crippen molar-refractivity contribution in [3.63, 3.8) is 0 Å². The number of nitrogens with zero attached hydrogens (tertiary/aromatic N) is 1. The predicted molar refractivity (Wildman–Crippen MR) is 71.9 cm³/mol. The maximum absolute atomic E-state index is 12.2. The van der Waals surface area contributed by atoms with Gasteiger partial charge in [0.1, 0.15) is 4.90 Å². The number of benzene rings is 1. The summed E-state index contributed by atoms with van der Waals surface area (Å²) in [6.45, 7) is 2.29. The van der Waals surface area contributed by atoms with Gasteiger partial charge in [-0.2, -0.15) is 0 Å². The van der Waals surface area contributed by atoms with Gasteiger partial charge < -0.3 is 0 Å². The highest BCUT2D eigenvalue weighted by Crippen LogP contribution is 2.34. The van der Waals surface area contributed by atoms with E-state index < -0.39 is 15.9 Å². The number of hydrogen-bond acceptors (Lipinski definition) is 3. The van der Waals surface area contributed by atoms with E-state index in [4.69, 9.17) is 0 Å². The molecule has 0 saturated carbocycles. The monoisotopic (exact) mass is 331 g/mol. The number of amides is 1. The van der Waals surface area contributed by atoms with Crippen LogP contribution in [0, 0.1) is 0 Å². The minimum absolute atomic E-state index is 0.110. The first-order valence-corrected chi connectivity index (χ1v) is 8.09. The van der Waals surface area contributed by atoms with Crippen LogP contribution in [0.5, 0.6) is 0 Å². The Bertz CT molecular complexity index is 583. The molecule has 0 fully saturated rings. The lowest BCUT2D eigenvalue weighted by Crippen LogP contribution is -2.31. The summed E-state index contributed by atoms with van der Waals surface area (Å²) >= 11 is 3.24. The molecular weight excluding hydrogens is 318 g/mol. The Balaban J connectivity index is 2.39. The first kappa shape index (κ1) is 13.5. The second-order valence-electron chi connectivity index (χ2n) is 4.20. The summed E-state index contributed by atoms with van der Waals surface area (Å²) in [6.07, 6.45) is 2.60. The Morgan fingerprint density at radius 3 is 2.61 bits per heavy atom. The average Bonchev–Trinajstić information content (AvgIpc) is 2.51. The van der Waals surface area contributed by atoms with Crippen molar-refractivity contribution in [1.82, 2.24) is 4.31 Å². The molecule has 2 rings (SSSR count). The molecule has 1 heterocycles. The lowest BCUT2D eigenvalue weighted by molar-refractivity contribution is 0.0869. The molecule has 98 valence electrons. The van der Waals surface area contributed by atoms with E-state index in [2.05, 4.69) is 15.9 Å². The quantitative estimate of drug-likeness (QED) is 0.797. The second-order valence-corrected chi connectivity index (χ2v) is 6.89. The molecule has 4 nitrogen and oxygen atoms in total. The minimum atomic E-state index is -3.64. The van der Waals surface area contributed by atoms with Crippen LogP contribution in [-0.4, -0.2) is 25.2 Å². The fourth-order valence-corrected chi connectivity index (χ4v) is 4.30. The maximum Gasteiger partial charge on any atom is 0.270 e. The average molecular weight is 332 g/mol. The Morgan fingerprint density at radius 1 is 1.28 bits per heavy atom. The molecule has 6 heteroatoms. The first-order valence-electron chi connectivity index (χ1n) is 5.85. The van der Waals surface area contributed by atoms with Gasteiger partial charge in [-0.25, -0.2) is 12.7 Å². The third-order valence-corrected chi connectivity index (χ3v) is 5.43. The van der Waals surface area contributed by atoms with E-state index >= 15 is 0 Å². The van der Waals surface area contributed by atoms with Crippen LogP contribution in [0.1, 0.15) is 36.5 Å². The third-order valence-electron chi connectivity index (χ3n) is 2.95. The van der Waals surface area contributed by atoms with Crippen molar-refractivity contribution >= 4 is 31.9 Å². The van der Waals surface area contributed by atoms with Gasteiger partial charge in [-0.3, -0.25) is 4.79 Å². The summed E-state index contributed by atoms with van der Waals surface area (Å²) in [5.41, 5.74) is 0.258. The normalized spacial score (nSPS) is 17.0. The van der Waals surface area contributed by atoms with Crippen LogP contribution in [0.3, 0.4) is 0 Å². The fourth-order valence-electron chi connectivity index (χ4n) is 2.01. The number of carbonyl (C=O) groups is 1. The molecule has 18 heavy (non-hydrogen) atoms. The highest BCUT2D eigenvalue weighted by Gasteiger charge is 2.41. The summed E-state index contributed by atoms with van der Waals surface area (Å²) in [5, 5.41) is 0. The van der Waals surface area contributed by atoms with Crippen molar-refractivity contribution in [2.24, 2.45) is 0 Å². The Labute approximate surface area is 115 Å². The van der Waals surface area contributed by atoms with Gasteiger partial charge in [0.2, 0.25) is 0 Å². The zero-order chi connectivity index (χ0) is 13.3. The molecule has 0 aromatic heterocycles. The van der Waals surface area contributed by atoms with E-state index in [0.29, 0.717) is 10.9 Å². The topological polar surface area (TPSA) is 54.5 Å². The van der Waals surface area contributed by atoms with E-state index in [-0.39, 0.29) is 17.0 Å². The molecule has 1 aliphatic heterocycles. The number of fused-ring (bicyclic) bond motifs is 1. The van der Waals surface area contributed by atoms with Gasteiger partial charge >= 0.3 is 0 Å². The molecule has 1 aliphatic rings. The number of unbranched alkanes of at least 4 members (excludes halogenated alkanes) is 2. The molecule has 0 spiro atoms. The zero-order valence-corrected chi connectivity index (χ0v) is 12.4. The van der Waals surface area contributed by atoms with Crippen molar-refractivity contribution in [2.45, 2.75) is 31.1 Å². The largest absolute Gasteiger partial charge is 0.270 e. The van der Waals surface area contributed by atoms with Gasteiger partial charge in [-0.15, -0.1) is 0 Å². The Kier molecular flexibility index (Phi) is 3.77. The smallest absolute Gasteiger partial charge is 0.268 e. The van der Waals surface area contributed by atoms with Crippen LogP contribution in [0.25, 0.3) is 0 Å². The number of rotatable bonds is 4. The number of hydrogen-bond donors (Lipinski definition) is 0. The third kappa shape index (κ3) is 2.07. The zero-order valence-electron chi connectivity index (χ0n) is 10.0. The van der Waals surface area contributed by atoms with Crippen LogP contribution in [0.15, 0.2) is 27.6 Å². The van der Waals surface area contributed by atoms with Gasteiger partial charge in [0.25, 0.3) is 15.9 Å². The van der Waals surface area contributed by atoms with E-state index in [1.165, 1.54) is 6.07 Å². The van der Waals surface area contributed by atoms with Crippen molar-refractivity contribution in [3.8, 4) is 0 Å². The molecule has 0 aliphatic carbocycles. The number of carbonyl (C=O) groups excluding carboxylic acids is 1. The maximum atomic E-state index is 12.2. The van der Waals surface area contributed by atoms with E-state index in [1.807, 2.05) is 6.92 Å². The molecular formula is C12H14BrNO3S. The highest BCUT2D eigenvalue weighted by atomic mass is 79.9. The molecule has 0 bridgehead atoms. The van der Waals surface area contributed by atoms with Crippen LogP contribution in [0.4, 0.5) is 0 Å². The summed E-state index contributed by atoms with van der Waals surface area (Å²) in [7, 11) is -3.64. The van der Waals surface area contributed by atoms with Crippen molar-refractivity contribution < 1.29 is 13.2 Å². The lowest BCUT2D eigenvalue weighted by Gasteiger charge is -2.14. The van der Waals surface area contributed by atoms with Crippen molar-refractivity contribution in [2.75, 3.05) is 6.54 Å². The van der Waals surface area contributed by atoms with Crippen LogP contribution in [-0.2, 0) is 10.0 Å². The second kappa shape index (κ2) is 5.01. The van der Waals surface area contributed by atoms with Gasteiger partial charge in [0, 0.05) is 11.0 Å². The van der Waals surface area contributed by atoms with E-state index in [1.54, 1.807) is 12.1 Å². The van der Waals surface area contributed by atoms with Gasteiger partial charge in [0.15, 0.2) is 0 Å². The number of halogens is 1. The summed E-state index contributed by atoms with van der Waals surface area (Å²) in [5.74, 6) is -0.423. The molecule has 0 N–H and O–H groups in total. The molecule has 0 unspecified atom stereocenters. The SMILES string of the molecule is CCCCCN1C(=O)c2c(Br)cccc2S1(=O)=O. The van der Waals surface area contributed by atoms with Crippen LogP contribution < -0.4 is 0 Å². The standard InChI is InChI=1S/C12H14BrNO3S/c1-2-3-4-8-14-12(15)11-9(13)6-5-7-10(11)18(14,16)17/h5-7H,2-4,8H2,1H3. The molecule has 0 atom stereocenters. The van der Waals surface area contributed by atoms with Crippen LogP contribution in [0.2, 0.25) is 0 Å². The highest BCUT2D eigenvalue weighted by molar-refractivity contribution is 9.10. The molecule has 1 amide bonds. The Hall–Kier alpha value is -0.880. The first-order chi connectivity index (χ1) is 8.50. The van der Waals surface area contributed by atoms with Gasteiger partial charge in [-0.1, -0.05) is 25.8 Å². The van der Waals surface area contributed by atoms with E-state index in [0.717, 1.165) is 17.1 Å². The molecule has 1 aromatic rings. The number of sulfonamides is 1. The van der Waals surface area contributed by atoms with Crippen LogP contribution >= 0.6 is 15.9 Å². The molecule has 1 aromatic carbocycles. The van der Waals surface area contributed by atoms with E-state index in [9.17, 15) is 13.2 Å². The van der Waals surface area contributed by atoms with Crippen molar-refractivity contribution in [1.29, 1.82) is 0 Å². The minimum Gasteiger partial charge on any atom is -0.268 e. The summed E-state index contributed by atoms with van der Waals surface area (Å²) in [6, 6.07) is 4.79. The lowest BCUT2D eigenvalue weighted by atomic mass is 10.2. The molecule has 0 saturated heterocycles. The summed E-state index contributed by atoms with van der Waals surface area (Å²) in [4.78, 5) is 12.3.